The van der Waals surface area contributed by atoms with Crippen molar-refractivity contribution in [1.29, 1.82) is 0 Å². The molecule has 1 atom stereocenters. The van der Waals surface area contributed by atoms with E-state index in [1.54, 1.807) is 0 Å². The van der Waals surface area contributed by atoms with Gasteiger partial charge in [-0.1, -0.05) is 59.8 Å². The Hall–Kier alpha value is -4.13. The molecule has 0 saturated heterocycles. The molecule has 172 valence electrons. The number of carboxylic acid groups (broad SMARTS) is 1. The van der Waals surface area contributed by atoms with Gasteiger partial charge in [0.1, 0.15) is 19.0 Å². The highest BCUT2D eigenvalue weighted by atomic mass is 16.6. The van der Waals surface area contributed by atoms with E-state index in [4.69, 9.17) is 9.57 Å². The molecule has 1 aliphatic heterocycles. The van der Waals surface area contributed by atoms with Crippen LogP contribution in [0, 0.1) is 0 Å². The summed E-state index contributed by atoms with van der Waals surface area (Å²) in [4.78, 5) is 16.4. The van der Waals surface area contributed by atoms with Crippen LogP contribution in [0.25, 0.3) is 10.9 Å². The second kappa shape index (κ2) is 9.79. The van der Waals surface area contributed by atoms with E-state index in [0.29, 0.717) is 26.2 Å². The molecule has 7 heteroatoms. The van der Waals surface area contributed by atoms with Gasteiger partial charge in [0.05, 0.1) is 30.4 Å². The number of oxime groups is 1. The molecule has 7 nitrogen and oxygen atoms in total. The predicted molar refractivity (Wildman–Crippen MR) is 129 cm³/mol. The van der Waals surface area contributed by atoms with Crippen molar-refractivity contribution in [3.8, 4) is 5.75 Å². The molecule has 0 aliphatic carbocycles. The largest absolute Gasteiger partial charge is 0.489 e. The van der Waals surface area contributed by atoms with Crippen molar-refractivity contribution in [3.05, 3.63) is 95.7 Å². The van der Waals surface area contributed by atoms with E-state index in [-0.39, 0.29) is 12.3 Å². The summed E-state index contributed by atoms with van der Waals surface area (Å²) in [6.45, 7) is 1.64. The monoisotopic (exact) mass is 455 g/mol. The summed E-state index contributed by atoms with van der Waals surface area (Å²) in [5.74, 6) is -0.427. The zero-order valence-corrected chi connectivity index (χ0v) is 18.6. The number of fused-ring (bicyclic) bond motifs is 1. The molecule has 1 unspecified atom stereocenters. The Morgan fingerprint density at radius 3 is 2.62 bits per heavy atom. The first-order chi connectivity index (χ1) is 16.7. The standard InChI is InChI=1S/C27H25N3O4/c31-27(32)15-24(25-12-13-34-29-25)21-8-10-23(11-9-21)33-18-20-6-7-22-16-28-30(26(22)14-20)17-19-4-2-1-3-5-19/h1-11,14,16,24H,12-13,15,17-18H2,(H,31,32). The lowest BCUT2D eigenvalue weighted by molar-refractivity contribution is -0.137. The average Bonchev–Trinajstić information content (AvgIpc) is 3.53. The lowest BCUT2D eigenvalue weighted by Gasteiger charge is -2.15. The molecule has 0 bridgehead atoms. The van der Waals surface area contributed by atoms with Crippen molar-refractivity contribution in [3.63, 3.8) is 0 Å². The number of aromatic nitrogens is 2. The molecular formula is C27H25N3O4. The predicted octanol–water partition coefficient (Wildman–Crippen LogP) is 5.00. The molecule has 0 amide bonds. The molecule has 3 aromatic carbocycles. The molecule has 1 aliphatic rings. The van der Waals surface area contributed by atoms with Crippen LogP contribution in [0.2, 0.25) is 0 Å². The molecule has 0 fully saturated rings. The van der Waals surface area contributed by atoms with Gasteiger partial charge in [0.15, 0.2) is 0 Å². The Kier molecular flexibility index (Phi) is 6.25. The zero-order valence-electron chi connectivity index (χ0n) is 18.6. The fourth-order valence-electron chi connectivity index (χ4n) is 4.22. The highest BCUT2D eigenvalue weighted by Gasteiger charge is 2.25. The van der Waals surface area contributed by atoms with Crippen LogP contribution in [0.5, 0.6) is 5.75 Å². The average molecular weight is 456 g/mol. The minimum absolute atomic E-state index is 0.0148. The van der Waals surface area contributed by atoms with Crippen LogP contribution in [-0.4, -0.2) is 33.2 Å². The van der Waals surface area contributed by atoms with Gasteiger partial charge in [0.2, 0.25) is 0 Å². The van der Waals surface area contributed by atoms with Gasteiger partial charge in [-0.05, 0) is 34.9 Å². The van der Waals surface area contributed by atoms with E-state index in [1.807, 2.05) is 59.4 Å². The summed E-state index contributed by atoms with van der Waals surface area (Å²) in [5.41, 5.74) is 4.98. The zero-order chi connectivity index (χ0) is 23.3. The Morgan fingerprint density at radius 1 is 1.06 bits per heavy atom. The molecule has 5 rings (SSSR count). The van der Waals surface area contributed by atoms with Crippen LogP contribution in [0.15, 0.2) is 84.1 Å². The van der Waals surface area contributed by atoms with Gasteiger partial charge < -0.3 is 14.7 Å². The second-order valence-electron chi connectivity index (χ2n) is 8.35. The van der Waals surface area contributed by atoms with Crippen LogP contribution >= 0.6 is 0 Å². The second-order valence-corrected chi connectivity index (χ2v) is 8.35. The van der Waals surface area contributed by atoms with E-state index in [9.17, 15) is 9.90 Å². The maximum atomic E-state index is 11.3. The number of carboxylic acids is 1. The molecule has 34 heavy (non-hydrogen) atoms. The van der Waals surface area contributed by atoms with Gasteiger partial charge >= 0.3 is 5.97 Å². The summed E-state index contributed by atoms with van der Waals surface area (Å²) in [5, 5.41) is 19.0. The van der Waals surface area contributed by atoms with Gasteiger partial charge in [0.25, 0.3) is 0 Å². The lowest BCUT2D eigenvalue weighted by atomic mass is 9.89. The Balaban J connectivity index is 1.27. The van der Waals surface area contributed by atoms with Crippen LogP contribution < -0.4 is 4.74 Å². The number of benzene rings is 3. The minimum Gasteiger partial charge on any atom is -0.489 e. The van der Waals surface area contributed by atoms with Crippen molar-refractivity contribution < 1.29 is 19.5 Å². The molecule has 1 N–H and O–H groups in total. The molecule has 0 spiro atoms. The van der Waals surface area contributed by atoms with Crippen molar-refractivity contribution in [2.45, 2.75) is 31.9 Å². The Labute approximate surface area is 197 Å². The third kappa shape index (κ3) is 4.93. The van der Waals surface area contributed by atoms with E-state index in [0.717, 1.165) is 33.5 Å². The number of nitrogens with zero attached hydrogens (tertiary/aromatic N) is 3. The van der Waals surface area contributed by atoms with Gasteiger partial charge in [-0.25, -0.2) is 0 Å². The van der Waals surface area contributed by atoms with E-state index in [1.165, 1.54) is 5.56 Å². The SMILES string of the molecule is O=C(O)CC(C1=NOCC1)c1ccc(OCc2ccc3cnn(Cc4ccccc4)c3c2)cc1. The minimum atomic E-state index is -0.859. The molecule has 0 radical (unpaired) electrons. The van der Waals surface area contributed by atoms with Crippen LogP contribution in [0.1, 0.15) is 35.4 Å². The smallest absolute Gasteiger partial charge is 0.304 e. The lowest BCUT2D eigenvalue weighted by Crippen LogP contribution is -2.15. The highest BCUT2D eigenvalue weighted by Crippen LogP contribution is 2.28. The van der Waals surface area contributed by atoms with Crippen LogP contribution in [0.4, 0.5) is 0 Å². The van der Waals surface area contributed by atoms with Crippen molar-refractivity contribution in [2.24, 2.45) is 5.16 Å². The normalized spacial score (nSPS) is 13.9. The van der Waals surface area contributed by atoms with Gasteiger partial charge in [-0.3, -0.25) is 9.48 Å². The molecule has 0 saturated carbocycles. The number of hydrogen-bond donors (Lipinski definition) is 1. The first kappa shape index (κ1) is 21.7. The number of rotatable bonds is 9. The maximum Gasteiger partial charge on any atom is 0.304 e. The molecular weight excluding hydrogens is 430 g/mol. The van der Waals surface area contributed by atoms with E-state index in [2.05, 4.69) is 34.5 Å². The Bertz CT molecular complexity index is 1310. The first-order valence-corrected chi connectivity index (χ1v) is 11.3. The summed E-state index contributed by atoms with van der Waals surface area (Å²) >= 11 is 0. The molecule has 1 aromatic heterocycles. The van der Waals surface area contributed by atoms with Gasteiger partial charge in [-0.15, -0.1) is 0 Å². The number of hydrogen-bond acceptors (Lipinski definition) is 5. The molecule has 2 heterocycles. The summed E-state index contributed by atoms with van der Waals surface area (Å²) in [7, 11) is 0. The number of aliphatic carboxylic acids is 1. The third-order valence-electron chi connectivity index (χ3n) is 5.98. The maximum absolute atomic E-state index is 11.3. The summed E-state index contributed by atoms with van der Waals surface area (Å²) in [6, 6.07) is 24.0. The van der Waals surface area contributed by atoms with E-state index < -0.39 is 5.97 Å². The molecule has 4 aromatic rings. The van der Waals surface area contributed by atoms with Crippen LogP contribution in [0.3, 0.4) is 0 Å². The third-order valence-corrected chi connectivity index (χ3v) is 5.98. The quantitative estimate of drug-likeness (QED) is 0.384. The Morgan fingerprint density at radius 2 is 1.88 bits per heavy atom. The summed E-state index contributed by atoms with van der Waals surface area (Å²) < 4.78 is 8.02. The fraction of sp³-hybridized carbons (Fsp3) is 0.222. The van der Waals surface area contributed by atoms with Crippen molar-refractivity contribution in [1.82, 2.24) is 9.78 Å². The van der Waals surface area contributed by atoms with Crippen LogP contribution in [-0.2, 0) is 22.8 Å². The first-order valence-electron chi connectivity index (χ1n) is 11.3. The van der Waals surface area contributed by atoms with Gasteiger partial charge in [0, 0.05) is 17.7 Å². The number of ether oxygens (including phenoxy) is 1. The fourth-order valence-corrected chi connectivity index (χ4v) is 4.22. The summed E-state index contributed by atoms with van der Waals surface area (Å²) in [6.07, 6.45) is 2.52. The van der Waals surface area contributed by atoms with Crippen molar-refractivity contribution in [2.75, 3.05) is 6.61 Å². The van der Waals surface area contributed by atoms with E-state index >= 15 is 0 Å². The van der Waals surface area contributed by atoms with Gasteiger partial charge in [-0.2, -0.15) is 5.10 Å². The van der Waals surface area contributed by atoms with Crippen molar-refractivity contribution >= 4 is 22.6 Å². The highest BCUT2D eigenvalue weighted by molar-refractivity contribution is 5.94. The topological polar surface area (TPSA) is 85.9 Å². The number of carbonyl (C=O) groups is 1.